The van der Waals surface area contributed by atoms with Crippen LogP contribution in [0.2, 0.25) is 0 Å². The van der Waals surface area contributed by atoms with Crippen LogP contribution >= 0.6 is 0 Å². The lowest BCUT2D eigenvalue weighted by molar-refractivity contribution is 0.586. The average molecular weight is 531 g/mol. The van der Waals surface area contributed by atoms with Gasteiger partial charge in [0.1, 0.15) is 17.3 Å². The van der Waals surface area contributed by atoms with Crippen LogP contribution in [0.25, 0.3) is 56.0 Å². The van der Waals surface area contributed by atoms with Crippen molar-refractivity contribution in [1.82, 2.24) is 39.4 Å². The Labute approximate surface area is 217 Å². The standard InChI is InChI=1S/C26H23FN8O2S/c1-14-28-13-23(35(14)2)21-10-19-22(12-29-21)33-34-25(19)26-31-20-6-4-5-18(24(20)32-26)16-7-15(8-17(27)9-16)11-30-38(3,36)37/h4-10,12-13,30H,11H2,1-3H3,(H,31,32)(H,33,34). The highest BCUT2D eigenvalue weighted by atomic mass is 32.2. The lowest BCUT2D eigenvalue weighted by Gasteiger charge is -2.08. The number of aromatic amines is 2. The number of nitrogens with one attached hydrogen (secondary N) is 3. The molecule has 10 nitrogen and oxygen atoms in total. The summed E-state index contributed by atoms with van der Waals surface area (Å²) in [6, 6.07) is 12.0. The summed E-state index contributed by atoms with van der Waals surface area (Å²) in [5, 5.41) is 8.35. The van der Waals surface area contributed by atoms with Gasteiger partial charge in [-0.05, 0) is 48.4 Å². The van der Waals surface area contributed by atoms with E-state index in [0.717, 1.165) is 39.9 Å². The summed E-state index contributed by atoms with van der Waals surface area (Å²) in [4.78, 5) is 17.1. The van der Waals surface area contributed by atoms with Crippen LogP contribution in [0.3, 0.4) is 0 Å². The molecule has 38 heavy (non-hydrogen) atoms. The average Bonchev–Trinajstić information content (AvgIpc) is 3.58. The van der Waals surface area contributed by atoms with Crippen molar-refractivity contribution in [3.05, 3.63) is 72.1 Å². The molecule has 0 atom stereocenters. The highest BCUT2D eigenvalue weighted by Gasteiger charge is 2.18. The lowest BCUT2D eigenvalue weighted by Crippen LogP contribution is -2.21. The zero-order valence-corrected chi connectivity index (χ0v) is 21.6. The highest BCUT2D eigenvalue weighted by Crippen LogP contribution is 2.33. The molecule has 6 rings (SSSR count). The molecule has 12 heteroatoms. The summed E-state index contributed by atoms with van der Waals surface area (Å²) in [6.45, 7) is 1.91. The number of sulfonamides is 1. The number of imidazole rings is 2. The lowest BCUT2D eigenvalue weighted by atomic mass is 10.0. The number of rotatable bonds is 6. The van der Waals surface area contributed by atoms with Gasteiger partial charge in [-0.3, -0.25) is 10.1 Å². The van der Waals surface area contributed by atoms with Crippen LogP contribution in [-0.2, 0) is 23.6 Å². The minimum atomic E-state index is -3.42. The van der Waals surface area contributed by atoms with Gasteiger partial charge in [-0.15, -0.1) is 0 Å². The summed E-state index contributed by atoms with van der Waals surface area (Å²) >= 11 is 0. The molecule has 0 radical (unpaired) electrons. The molecule has 0 aliphatic carbocycles. The van der Waals surface area contributed by atoms with Crippen molar-refractivity contribution in [2.24, 2.45) is 7.05 Å². The van der Waals surface area contributed by atoms with Gasteiger partial charge in [-0.2, -0.15) is 5.10 Å². The normalized spacial score (nSPS) is 12.1. The molecule has 0 spiro atoms. The largest absolute Gasteiger partial charge is 0.337 e. The van der Waals surface area contributed by atoms with E-state index in [-0.39, 0.29) is 6.54 Å². The Morgan fingerprint density at radius 2 is 1.92 bits per heavy atom. The smallest absolute Gasteiger partial charge is 0.209 e. The maximum Gasteiger partial charge on any atom is 0.209 e. The van der Waals surface area contributed by atoms with Crippen molar-refractivity contribution in [3.8, 4) is 34.0 Å². The Bertz CT molecular complexity index is 1960. The molecule has 6 aromatic rings. The Morgan fingerprint density at radius 3 is 2.68 bits per heavy atom. The van der Waals surface area contributed by atoms with Crippen molar-refractivity contribution < 1.29 is 12.8 Å². The van der Waals surface area contributed by atoms with Crippen molar-refractivity contribution in [2.45, 2.75) is 13.5 Å². The molecule has 0 amide bonds. The molecule has 4 heterocycles. The van der Waals surface area contributed by atoms with Gasteiger partial charge in [0.2, 0.25) is 10.0 Å². The predicted octanol–water partition coefficient (Wildman–Crippen LogP) is 4.07. The fraction of sp³-hybridized carbons (Fsp3) is 0.154. The second kappa shape index (κ2) is 8.85. The number of nitrogens with zero attached hydrogens (tertiary/aromatic N) is 5. The molecule has 4 aromatic heterocycles. The van der Waals surface area contributed by atoms with E-state index in [1.165, 1.54) is 12.1 Å². The van der Waals surface area contributed by atoms with Gasteiger partial charge in [0.25, 0.3) is 0 Å². The summed E-state index contributed by atoms with van der Waals surface area (Å²) in [7, 11) is -1.48. The maximum absolute atomic E-state index is 14.5. The summed E-state index contributed by atoms with van der Waals surface area (Å²) in [5.74, 6) is 0.962. The maximum atomic E-state index is 14.5. The van der Waals surface area contributed by atoms with Gasteiger partial charge in [-0.25, -0.2) is 27.5 Å². The molecule has 2 aromatic carbocycles. The van der Waals surface area contributed by atoms with E-state index in [1.807, 2.05) is 42.8 Å². The van der Waals surface area contributed by atoms with Crippen molar-refractivity contribution in [3.63, 3.8) is 0 Å². The van der Waals surface area contributed by atoms with Gasteiger partial charge in [0, 0.05) is 24.5 Å². The predicted molar refractivity (Wildman–Crippen MR) is 143 cm³/mol. The topological polar surface area (TPSA) is 134 Å². The number of aromatic nitrogens is 7. The molecule has 0 aliphatic rings. The third-order valence-corrected chi connectivity index (χ3v) is 7.14. The van der Waals surface area contributed by atoms with Gasteiger partial charge in [-0.1, -0.05) is 12.1 Å². The Kier molecular flexibility index (Phi) is 5.58. The monoisotopic (exact) mass is 530 g/mol. The van der Waals surface area contributed by atoms with Crippen LogP contribution in [0.5, 0.6) is 0 Å². The second-order valence-corrected chi connectivity index (χ2v) is 11.0. The molecule has 0 aliphatic heterocycles. The molecular formula is C26H23FN8O2S. The molecule has 0 saturated heterocycles. The molecule has 3 N–H and O–H groups in total. The first-order chi connectivity index (χ1) is 18.2. The SMILES string of the molecule is Cc1ncc(-c2cc3c(-c4nc5c(-c6cc(F)cc(CNS(C)(=O)=O)c6)cccc5[nH]4)n[nH]c3cn2)n1C. The van der Waals surface area contributed by atoms with E-state index in [9.17, 15) is 12.8 Å². The van der Waals surface area contributed by atoms with Crippen LogP contribution in [0.15, 0.2) is 54.9 Å². The number of hydrogen-bond donors (Lipinski definition) is 3. The number of para-hydroxylation sites is 1. The fourth-order valence-electron chi connectivity index (χ4n) is 4.48. The Hall–Kier alpha value is -4.42. The number of aryl methyl sites for hydroxylation is 1. The van der Waals surface area contributed by atoms with Gasteiger partial charge in [0.05, 0.1) is 46.6 Å². The number of pyridine rings is 1. The molecule has 0 fully saturated rings. The molecule has 192 valence electrons. The summed E-state index contributed by atoms with van der Waals surface area (Å²) in [5.41, 5.74) is 6.22. The minimum absolute atomic E-state index is 0.0167. The zero-order chi connectivity index (χ0) is 26.6. The van der Waals surface area contributed by atoms with Crippen molar-refractivity contribution in [1.29, 1.82) is 0 Å². The van der Waals surface area contributed by atoms with Crippen LogP contribution in [0.4, 0.5) is 4.39 Å². The number of H-pyrrole nitrogens is 2. The number of halogens is 1. The van der Waals surface area contributed by atoms with Gasteiger partial charge < -0.3 is 9.55 Å². The Morgan fingerprint density at radius 1 is 1.08 bits per heavy atom. The molecule has 0 bridgehead atoms. The third kappa shape index (κ3) is 4.33. The van der Waals surface area contributed by atoms with Crippen molar-refractivity contribution in [2.75, 3.05) is 6.26 Å². The third-order valence-electron chi connectivity index (χ3n) is 6.47. The number of fused-ring (bicyclic) bond motifs is 2. The summed E-state index contributed by atoms with van der Waals surface area (Å²) in [6.07, 6.45) is 4.58. The first kappa shape index (κ1) is 23.9. The van der Waals surface area contributed by atoms with E-state index in [0.29, 0.717) is 33.7 Å². The van der Waals surface area contributed by atoms with E-state index < -0.39 is 15.8 Å². The van der Waals surface area contributed by atoms with Crippen LogP contribution in [-0.4, -0.2) is 49.4 Å². The van der Waals surface area contributed by atoms with E-state index in [1.54, 1.807) is 18.5 Å². The summed E-state index contributed by atoms with van der Waals surface area (Å²) < 4.78 is 41.9. The molecule has 0 unspecified atom stereocenters. The highest BCUT2D eigenvalue weighted by molar-refractivity contribution is 7.88. The molecule has 0 saturated carbocycles. The van der Waals surface area contributed by atoms with Crippen LogP contribution in [0.1, 0.15) is 11.4 Å². The number of benzene rings is 2. The van der Waals surface area contributed by atoms with Crippen LogP contribution < -0.4 is 4.72 Å². The Balaban J connectivity index is 1.44. The van der Waals surface area contributed by atoms with Gasteiger partial charge in [0.15, 0.2) is 5.82 Å². The first-order valence-corrected chi connectivity index (χ1v) is 13.6. The fourth-order valence-corrected chi connectivity index (χ4v) is 4.91. The minimum Gasteiger partial charge on any atom is -0.337 e. The molecular weight excluding hydrogens is 507 g/mol. The zero-order valence-electron chi connectivity index (χ0n) is 20.7. The quantitative estimate of drug-likeness (QED) is 0.297. The van der Waals surface area contributed by atoms with E-state index >= 15 is 0 Å². The van der Waals surface area contributed by atoms with Gasteiger partial charge >= 0.3 is 0 Å². The van der Waals surface area contributed by atoms with E-state index in [4.69, 9.17) is 4.98 Å². The second-order valence-electron chi connectivity index (χ2n) is 9.17. The number of hydrogen-bond acceptors (Lipinski definition) is 6. The van der Waals surface area contributed by atoms with Crippen molar-refractivity contribution >= 4 is 32.0 Å². The first-order valence-electron chi connectivity index (χ1n) is 11.7. The van der Waals surface area contributed by atoms with E-state index in [2.05, 4.69) is 29.9 Å². The van der Waals surface area contributed by atoms with Crippen LogP contribution in [0, 0.1) is 12.7 Å².